The average Bonchev–Trinajstić information content (AvgIpc) is 2.39. The molecule has 1 aliphatic rings. The van der Waals surface area contributed by atoms with Crippen LogP contribution in [0.15, 0.2) is 0 Å². The summed E-state index contributed by atoms with van der Waals surface area (Å²) in [6.45, 7) is 1.64. The van der Waals surface area contributed by atoms with E-state index in [-0.39, 0.29) is 11.8 Å². The van der Waals surface area contributed by atoms with E-state index in [2.05, 4.69) is 11.2 Å². The molecule has 4 nitrogen and oxygen atoms in total. The van der Waals surface area contributed by atoms with Crippen molar-refractivity contribution in [2.45, 2.75) is 19.3 Å². The highest BCUT2D eigenvalue weighted by Gasteiger charge is 2.17. The molecule has 1 rings (SSSR count). The minimum absolute atomic E-state index is 0.0113. The third-order valence-corrected chi connectivity index (χ3v) is 2.15. The van der Waals surface area contributed by atoms with Crippen LogP contribution in [0.4, 0.5) is 0 Å². The maximum absolute atomic E-state index is 11.5. The summed E-state index contributed by atoms with van der Waals surface area (Å²) >= 11 is 0. The number of terminal acetylenes is 1. The predicted molar refractivity (Wildman–Crippen MR) is 52.3 cm³/mol. The Morgan fingerprint density at radius 1 is 1.57 bits per heavy atom. The van der Waals surface area contributed by atoms with Gasteiger partial charge in [0, 0.05) is 38.9 Å². The minimum Gasteiger partial charge on any atom is -0.354 e. The molecule has 2 amide bonds. The summed E-state index contributed by atoms with van der Waals surface area (Å²) in [5.74, 6) is 2.48. The van der Waals surface area contributed by atoms with Gasteiger partial charge in [-0.2, -0.15) is 0 Å². The number of hydrogen-bond acceptors (Lipinski definition) is 2. The molecular formula is C10H14N2O2. The van der Waals surface area contributed by atoms with Gasteiger partial charge in [0.05, 0.1) is 0 Å². The third-order valence-electron chi connectivity index (χ3n) is 2.15. The fraction of sp³-hybridized carbons (Fsp3) is 0.600. The first-order chi connectivity index (χ1) is 6.74. The Morgan fingerprint density at radius 3 is 3.07 bits per heavy atom. The largest absolute Gasteiger partial charge is 0.354 e. The van der Waals surface area contributed by atoms with E-state index in [9.17, 15) is 9.59 Å². The zero-order chi connectivity index (χ0) is 10.4. The lowest BCUT2D eigenvalue weighted by Crippen LogP contribution is -2.33. The molecule has 1 heterocycles. The summed E-state index contributed by atoms with van der Waals surface area (Å²) in [7, 11) is 0. The van der Waals surface area contributed by atoms with Crippen molar-refractivity contribution >= 4 is 11.8 Å². The molecule has 1 fully saturated rings. The lowest BCUT2D eigenvalue weighted by Gasteiger charge is -2.18. The van der Waals surface area contributed by atoms with Gasteiger partial charge >= 0.3 is 0 Å². The van der Waals surface area contributed by atoms with Gasteiger partial charge in [-0.15, -0.1) is 12.3 Å². The standard InChI is InChI=1S/C10H14N2O2/c1-2-3-4-10(14)12-7-5-9(13)11-6-8-12/h1H,3-8H2,(H,11,13). The van der Waals surface area contributed by atoms with Crippen molar-refractivity contribution in [1.82, 2.24) is 10.2 Å². The SMILES string of the molecule is C#CCCC(=O)N1CCNC(=O)CC1. The first-order valence-electron chi connectivity index (χ1n) is 4.72. The van der Waals surface area contributed by atoms with Crippen LogP contribution in [-0.4, -0.2) is 36.3 Å². The molecule has 0 aromatic heterocycles. The Kier molecular flexibility index (Phi) is 3.99. The Morgan fingerprint density at radius 2 is 2.36 bits per heavy atom. The Hall–Kier alpha value is -1.50. The van der Waals surface area contributed by atoms with Crippen LogP contribution in [-0.2, 0) is 9.59 Å². The average molecular weight is 194 g/mol. The van der Waals surface area contributed by atoms with E-state index >= 15 is 0 Å². The predicted octanol–water partition coefficient (Wildman–Crippen LogP) is -0.252. The Bertz CT molecular complexity index is 268. The summed E-state index contributed by atoms with van der Waals surface area (Å²) in [6, 6.07) is 0. The molecule has 14 heavy (non-hydrogen) atoms. The number of hydrogen-bond donors (Lipinski definition) is 1. The zero-order valence-corrected chi connectivity index (χ0v) is 8.08. The quantitative estimate of drug-likeness (QED) is 0.616. The molecule has 0 aromatic carbocycles. The van der Waals surface area contributed by atoms with Crippen molar-refractivity contribution in [3.63, 3.8) is 0 Å². The topological polar surface area (TPSA) is 49.4 Å². The van der Waals surface area contributed by atoms with Crippen LogP contribution in [0.1, 0.15) is 19.3 Å². The first-order valence-corrected chi connectivity index (χ1v) is 4.72. The fourth-order valence-electron chi connectivity index (χ4n) is 1.35. The van der Waals surface area contributed by atoms with Gasteiger partial charge in [-0.3, -0.25) is 9.59 Å². The van der Waals surface area contributed by atoms with Gasteiger partial charge < -0.3 is 10.2 Å². The van der Waals surface area contributed by atoms with Crippen LogP contribution in [0.5, 0.6) is 0 Å². The molecule has 1 N–H and O–H groups in total. The van der Waals surface area contributed by atoms with Crippen molar-refractivity contribution in [2.24, 2.45) is 0 Å². The number of carbonyl (C=O) groups is 2. The normalized spacial score (nSPS) is 16.8. The van der Waals surface area contributed by atoms with Crippen molar-refractivity contribution in [2.75, 3.05) is 19.6 Å². The van der Waals surface area contributed by atoms with E-state index in [4.69, 9.17) is 6.42 Å². The maximum atomic E-state index is 11.5. The minimum atomic E-state index is 0.0113. The third kappa shape index (κ3) is 3.09. The van der Waals surface area contributed by atoms with Crippen LogP contribution >= 0.6 is 0 Å². The lowest BCUT2D eigenvalue weighted by atomic mass is 10.2. The van der Waals surface area contributed by atoms with Gasteiger partial charge in [-0.1, -0.05) is 0 Å². The number of carbonyl (C=O) groups excluding carboxylic acids is 2. The van der Waals surface area contributed by atoms with Gasteiger partial charge in [-0.05, 0) is 0 Å². The van der Waals surface area contributed by atoms with Gasteiger partial charge in [-0.25, -0.2) is 0 Å². The monoisotopic (exact) mass is 194 g/mol. The van der Waals surface area contributed by atoms with Crippen LogP contribution < -0.4 is 5.32 Å². The second-order valence-corrected chi connectivity index (χ2v) is 3.18. The second kappa shape index (κ2) is 5.28. The molecule has 0 bridgehead atoms. The number of amides is 2. The van der Waals surface area contributed by atoms with Crippen LogP contribution in [0, 0.1) is 12.3 Å². The molecule has 0 radical (unpaired) electrons. The Labute approximate surface area is 83.6 Å². The molecule has 0 saturated carbocycles. The van der Waals surface area contributed by atoms with Gasteiger partial charge in [0.15, 0.2) is 0 Å². The number of nitrogens with one attached hydrogen (secondary N) is 1. The molecule has 0 atom stereocenters. The van der Waals surface area contributed by atoms with Crippen molar-refractivity contribution < 1.29 is 9.59 Å². The summed E-state index contributed by atoms with van der Waals surface area (Å²) in [6.07, 6.45) is 6.31. The van der Waals surface area contributed by atoms with Gasteiger partial charge in [0.1, 0.15) is 0 Å². The highest BCUT2D eigenvalue weighted by Crippen LogP contribution is 2.01. The number of nitrogens with zero attached hydrogens (tertiary/aromatic N) is 1. The highest BCUT2D eigenvalue weighted by atomic mass is 16.2. The smallest absolute Gasteiger partial charge is 0.223 e. The van der Waals surface area contributed by atoms with Gasteiger partial charge in [0.2, 0.25) is 11.8 Å². The molecule has 0 unspecified atom stereocenters. The van der Waals surface area contributed by atoms with Crippen molar-refractivity contribution in [3.8, 4) is 12.3 Å². The zero-order valence-electron chi connectivity index (χ0n) is 8.08. The molecule has 0 aliphatic carbocycles. The Balaban J connectivity index is 2.39. The highest BCUT2D eigenvalue weighted by molar-refractivity contribution is 5.80. The van der Waals surface area contributed by atoms with Crippen LogP contribution in [0.25, 0.3) is 0 Å². The first kappa shape index (κ1) is 10.6. The second-order valence-electron chi connectivity index (χ2n) is 3.18. The van der Waals surface area contributed by atoms with E-state index in [1.165, 1.54) is 0 Å². The van der Waals surface area contributed by atoms with E-state index in [1.807, 2.05) is 0 Å². The van der Waals surface area contributed by atoms with Crippen LogP contribution in [0.2, 0.25) is 0 Å². The molecule has 0 aromatic rings. The molecule has 76 valence electrons. The van der Waals surface area contributed by atoms with Crippen molar-refractivity contribution in [1.29, 1.82) is 0 Å². The molecule has 0 spiro atoms. The van der Waals surface area contributed by atoms with E-state index < -0.39 is 0 Å². The molecule has 4 heteroatoms. The maximum Gasteiger partial charge on any atom is 0.223 e. The van der Waals surface area contributed by atoms with Crippen LogP contribution in [0.3, 0.4) is 0 Å². The summed E-state index contributed by atoms with van der Waals surface area (Å²) in [4.78, 5) is 24.2. The number of rotatable bonds is 2. The van der Waals surface area contributed by atoms with Gasteiger partial charge in [0.25, 0.3) is 0 Å². The molecular weight excluding hydrogens is 180 g/mol. The van der Waals surface area contributed by atoms with E-state index in [1.54, 1.807) is 4.90 Å². The summed E-state index contributed by atoms with van der Waals surface area (Å²) in [5.41, 5.74) is 0. The molecule has 1 aliphatic heterocycles. The lowest BCUT2D eigenvalue weighted by molar-refractivity contribution is -0.130. The molecule has 1 saturated heterocycles. The van der Waals surface area contributed by atoms with Crippen molar-refractivity contribution in [3.05, 3.63) is 0 Å². The summed E-state index contributed by atoms with van der Waals surface area (Å²) < 4.78 is 0. The van der Waals surface area contributed by atoms with E-state index in [0.29, 0.717) is 38.9 Å². The fourth-order valence-corrected chi connectivity index (χ4v) is 1.35. The van der Waals surface area contributed by atoms with E-state index in [0.717, 1.165) is 0 Å². The summed E-state index contributed by atoms with van der Waals surface area (Å²) in [5, 5.41) is 2.71.